The number of thiophene rings is 1. The minimum atomic E-state index is -0.836. The van der Waals surface area contributed by atoms with Gasteiger partial charge in [0.05, 0.1) is 12.5 Å². The summed E-state index contributed by atoms with van der Waals surface area (Å²) >= 11 is 6.76. The van der Waals surface area contributed by atoms with Gasteiger partial charge in [-0.1, -0.05) is 0 Å². The molecule has 1 fully saturated rings. The highest BCUT2D eigenvalue weighted by Crippen LogP contribution is 2.23. The number of hydrogen-bond donors (Lipinski definition) is 1. The zero-order valence-corrected chi connectivity index (χ0v) is 14.1. The molecule has 4 nitrogen and oxygen atoms in total. The minimum absolute atomic E-state index is 0.0449. The number of carboxylic acid groups (broad SMARTS) is 1. The van der Waals surface area contributed by atoms with Crippen LogP contribution in [0, 0.1) is 0 Å². The van der Waals surface area contributed by atoms with Crippen LogP contribution in [0.15, 0.2) is 15.9 Å². The van der Waals surface area contributed by atoms with Crippen LogP contribution in [0.4, 0.5) is 0 Å². The molecule has 2 rings (SSSR count). The summed E-state index contributed by atoms with van der Waals surface area (Å²) in [7, 11) is 0. The maximum Gasteiger partial charge on any atom is 0.305 e. The fourth-order valence-electron chi connectivity index (χ4n) is 2.21. The Morgan fingerprint density at radius 2 is 2.30 bits per heavy atom. The Morgan fingerprint density at radius 1 is 1.50 bits per heavy atom. The normalized spacial score (nSPS) is 19.1. The number of aryl methyl sites for hydroxylation is 1. The Hall–Kier alpha value is -0.530. The number of rotatable bonds is 5. The summed E-state index contributed by atoms with van der Waals surface area (Å²) in [5.41, 5.74) is 0. The van der Waals surface area contributed by atoms with Gasteiger partial charge < -0.3 is 10.0 Å². The lowest BCUT2D eigenvalue weighted by atomic mass is 10.1. The molecule has 1 aromatic heterocycles. The van der Waals surface area contributed by atoms with Crippen LogP contribution in [0.3, 0.4) is 0 Å². The van der Waals surface area contributed by atoms with Crippen LogP contribution in [0.1, 0.15) is 17.7 Å². The van der Waals surface area contributed by atoms with Gasteiger partial charge >= 0.3 is 5.97 Å². The largest absolute Gasteiger partial charge is 0.481 e. The Kier molecular flexibility index (Phi) is 5.92. The molecule has 1 unspecified atom stereocenters. The van der Waals surface area contributed by atoms with Crippen molar-refractivity contribution in [3.63, 3.8) is 0 Å². The molecular weight excluding hydrogens is 362 g/mol. The summed E-state index contributed by atoms with van der Waals surface area (Å²) in [4.78, 5) is 26.1. The quantitative estimate of drug-likeness (QED) is 0.856. The van der Waals surface area contributed by atoms with Gasteiger partial charge in [0, 0.05) is 39.2 Å². The molecule has 1 amide bonds. The van der Waals surface area contributed by atoms with Crippen molar-refractivity contribution in [2.45, 2.75) is 25.3 Å². The molecule has 2 heterocycles. The van der Waals surface area contributed by atoms with E-state index in [4.69, 9.17) is 5.11 Å². The van der Waals surface area contributed by atoms with Gasteiger partial charge in [0.25, 0.3) is 0 Å². The maximum atomic E-state index is 12.3. The molecular formula is C13H16BrNO3S2. The molecule has 1 N–H and O–H groups in total. The molecule has 1 atom stereocenters. The van der Waals surface area contributed by atoms with Crippen LogP contribution in [0.25, 0.3) is 0 Å². The first-order chi connectivity index (χ1) is 9.56. The molecule has 0 radical (unpaired) electrons. The lowest BCUT2D eigenvalue weighted by Crippen LogP contribution is -2.47. The molecule has 0 aromatic carbocycles. The lowest BCUT2D eigenvalue weighted by Gasteiger charge is -2.34. The average Bonchev–Trinajstić information content (AvgIpc) is 2.82. The predicted molar refractivity (Wildman–Crippen MR) is 85.4 cm³/mol. The molecule has 0 bridgehead atoms. The van der Waals surface area contributed by atoms with E-state index < -0.39 is 5.97 Å². The van der Waals surface area contributed by atoms with Crippen molar-refractivity contribution in [2.24, 2.45) is 0 Å². The summed E-state index contributed by atoms with van der Waals surface area (Å²) in [6.45, 7) is 0.662. The average molecular weight is 378 g/mol. The van der Waals surface area contributed by atoms with Gasteiger partial charge in [-0.05, 0) is 28.4 Å². The number of halogens is 1. The van der Waals surface area contributed by atoms with Gasteiger partial charge in [-0.15, -0.1) is 11.3 Å². The van der Waals surface area contributed by atoms with Gasteiger partial charge in [0.2, 0.25) is 5.91 Å². The smallest absolute Gasteiger partial charge is 0.305 e. The lowest BCUT2D eigenvalue weighted by molar-refractivity contribution is -0.140. The van der Waals surface area contributed by atoms with Crippen LogP contribution in [-0.4, -0.2) is 46.0 Å². The third-order valence-corrected chi connectivity index (χ3v) is 6.01. The summed E-state index contributed by atoms with van der Waals surface area (Å²) in [6.07, 6.45) is 1.22. The monoisotopic (exact) mass is 377 g/mol. The second-order valence-electron chi connectivity index (χ2n) is 4.64. The third-order valence-electron chi connectivity index (χ3n) is 3.17. The second kappa shape index (κ2) is 7.47. The van der Waals surface area contributed by atoms with E-state index in [1.165, 1.54) is 4.88 Å². The number of carboxylic acids is 1. The van der Waals surface area contributed by atoms with Crippen LogP contribution >= 0.6 is 39.0 Å². The van der Waals surface area contributed by atoms with Crippen molar-refractivity contribution in [2.75, 3.05) is 18.1 Å². The first-order valence-electron chi connectivity index (χ1n) is 6.38. The maximum absolute atomic E-state index is 12.3. The number of hydrogen-bond acceptors (Lipinski definition) is 4. The molecule has 1 aliphatic rings. The summed E-state index contributed by atoms with van der Waals surface area (Å²) < 4.78 is 1.04. The summed E-state index contributed by atoms with van der Waals surface area (Å²) in [6, 6.07) is 1.87. The van der Waals surface area contributed by atoms with E-state index in [2.05, 4.69) is 15.9 Å². The number of amides is 1. The van der Waals surface area contributed by atoms with Gasteiger partial charge in [-0.2, -0.15) is 11.8 Å². The molecule has 1 aliphatic heterocycles. The van der Waals surface area contributed by atoms with E-state index in [-0.39, 0.29) is 18.4 Å². The van der Waals surface area contributed by atoms with Gasteiger partial charge in [0.1, 0.15) is 0 Å². The van der Waals surface area contributed by atoms with E-state index in [0.717, 1.165) is 22.4 Å². The number of aliphatic carboxylic acids is 1. The fraction of sp³-hybridized carbons (Fsp3) is 0.538. The van der Waals surface area contributed by atoms with Crippen LogP contribution < -0.4 is 0 Å². The van der Waals surface area contributed by atoms with Gasteiger partial charge in [-0.3, -0.25) is 9.59 Å². The number of carbonyl (C=O) groups is 2. The van der Waals surface area contributed by atoms with E-state index in [1.807, 2.05) is 11.4 Å². The van der Waals surface area contributed by atoms with Crippen molar-refractivity contribution >= 4 is 50.9 Å². The number of thioether (sulfide) groups is 1. The number of carbonyl (C=O) groups excluding carboxylic acids is 1. The summed E-state index contributed by atoms with van der Waals surface area (Å²) in [5.74, 6) is 0.855. The summed E-state index contributed by atoms with van der Waals surface area (Å²) in [5, 5.41) is 10.9. The van der Waals surface area contributed by atoms with E-state index in [1.54, 1.807) is 28.0 Å². The Balaban J connectivity index is 1.90. The van der Waals surface area contributed by atoms with Gasteiger partial charge in [-0.25, -0.2) is 0 Å². The molecule has 1 aromatic rings. The molecule has 20 heavy (non-hydrogen) atoms. The highest BCUT2D eigenvalue weighted by atomic mass is 79.9. The minimum Gasteiger partial charge on any atom is -0.481 e. The molecule has 1 saturated heterocycles. The first kappa shape index (κ1) is 15.9. The second-order valence-corrected chi connectivity index (χ2v) is 7.71. The first-order valence-corrected chi connectivity index (χ1v) is 9.21. The van der Waals surface area contributed by atoms with E-state index in [0.29, 0.717) is 13.0 Å². The molecule has 0 spiro atoms. The molecule has 0 saturated carbocycles. The van der Waals surface area contributed by atoms with Crippen molar-refractivity contribution < 1.29 is 14.7 Å². The zero-order chi connectivity index (χ0) is 14.5. The fourth-order valence-corrected chi connectivity index (χ4v) is 4.73. The SMILES string of the molecule is O=C(O)CC1CSCCN1C(=O)CCc1cc(Br)cs1. The standard InChI is InChI=1S/C13H16BrNO3S2/c14-9-5-11(20-7-9)1-2-12(16)15-3-4-19-8-10(15)6-13(17)18/h5,7,10H,1-4,6,8H2,(H,17,18). The number of nitrogens with zero attached hydrogens (tertiary/aromatic N) is 1. The Bertz CT molecular complexity index is 492. The Labute approximate surface area is 134 Å². The third kappa shape index (κ3) is 4.49. The van der Waals surface area contributed by atoms with Crippen molar-refractivity contribution in [3.8, 4) is 0 Å². The highest BCUT2D eigenvalue weighted by molar-refractivity contribution is 9.10. The predicted octanol–water partition coefficient (Wildman–Crippen LogP) is 2.86. The van der Waals surface area contributed by atoms with Crippen LogP contribution in [-0.2, 0) is 16.0 Å². The zero-order valence-electron chi connectivity index (χ0n) is 10.9. The molecule has 0 aliphatic carbocycles. The van der Waals surface area contributed by atoms with E-state index in [9.17, 15) is 9.59 Å². The topological polar surface area (TPSA) is 57.6 Å². The van der Waals surface area contributed by atoms with Gasteiger partial charge in [0.15, 0.2) is 0 Å². The highest BCUT2D eigenvalue weighted by Gasteiger charge is 2.28. The molecule has 7 heteroatoms. The van der Waals surface area contributed by atoms with Crippen molar-refractivity contribution in [3.05, 3.63) is 20.8 Å². The molecule has 110 valence electrons. The van der Waals surface area contributed by atoms with Crippen molar-refractivity contribution in [1.82, 2.24) is 4.90 Å². The Morgan fingerprint density at radius 3 is 2.95 bits per heavy atom. The van der Waals surface area contributed by atoms with Crippen LogP contribution in [0.2, 0.25) is 0 Å². The van der Waals surface area contributed by atoms with Crippen LogP contribution in [0.5, 0.6) is 0 Å². The van der Waals surface area contributed by atoms with Crippen molar-refractivity contribution in [1.29, 1.82) is 0 Å². The van der Waals surface area contributed by atoms with E-state index >= 15 is 0 Å².